The predicted molar refractivity (Wildman–Crippen MR) is 106 cm³/mol. The molecule has 1 aliphatic carbocycles. The first-order valence-corrected chi connectivity index (χ1v) is 10.5. The lowest BCUT2D eigenvalue weighted by Crippen LogP contribution is -2.45. The second-order valence-electron chi connectivity index (χ2n) is 7.89. The minimum absolute atomic E-state index is 0.0107. The molecule has 1 aromatic carbocycles. The van der Waals surface area contributed by atoms with Crippen molar-refractivity contribution in [2.24, 2.45) is 10.9 Å². The normalized spacial score (nSPS) is 20.6. The van der Waals surface area contributed by atoms with Crippen LogP contribution in [0.5, 0.6) is 0 Å². The average Bonchev–Trinajstić information content (AvgIpc) is 3.38. The Morgan fingerprint density at radius 3 is 2.63 bits per heavy atom. The maximum Gasteiger partial charge on any atom is 0.416 e. The number of carbonyl (C=O) groups is 1. The van der Waals surface area contributed by atoms with Crippen molar-refractivity contribution in [3.63, 3.8) is 0 Å². The SMILES string of the molecule is CCNC(=NCc1ccc(F)cc1C(F)(F)F)NC1CCN(C(=O)C2CCCC2)C1. The van der Waals surface area contributed by atoms with E-state index in [0.29, 0.717) is 31.7 Å². The highest BCUT2D eigenvalue weighted by molar-refractivity contribution is 5.81. The monoisotopic (exact) mass is 428 g/mol. The molecule has 30 heavy (non-hydrogen) atoms. The summed E-state index contributed by atoms with van der Waals surface area (Å²) >= 11 is 0. The van der Waals surface area contributed by atoms with Crippen LogP contribution in [0, 0.1) is 11.7 Å². The van der Waals surface area contributed by atoms with E-state index in [0.717, 1.165) is 44.2 Å². The summed E-state index contributed by atoms with van der Waals surface area (Å²) in [6, 6.07) is 2.60. The maximum atomic E-state index is 13.3. The van der Waals surface area contributed by atoms with Gasteiger partial charge in [0.2, 0.25) is 5.91 Å². The van der Waals surface area contributed by atoms with Crippen molar-refractivity contribution < 1.29 is 22.4 Å². The van der Waals surface area contributed by atoms with Crippen LogP contribution in [0.15, 0.2) is 23.2 Å². The molecule has 0 spiro atoms. The quantitative estimate of drug-likeness (QED) is 0.427. The Morgan fingerprint density at radius 2 is 1.97 bits per heavy atom. The number of hydrogen-bond acceptors (Lipinski definition) is 2. The first-order chi connectivity index (χ1) is 14.3. The Hall–Kier alpha value is -2.32. The second-order valence-corrected chi connectivity index (χ2v) is 7.89. The number of nitrogens with one attached hydrogen (secondary N) is 2. The molecule has 166 valence electrons. The third kappa shape index (κ3) is 5.64. The molecular weight excluding hydrogens is 400 g/mol. The van der Waals surface area contributed by atoms with Gasteiger partial charge in [0.05, 0.1) is 12.1 Å². The van der Waals surface area contributed by atoms with E-state index in [4.69, 9.17) is 0 Å². The van der Waals surface area contributed by atoms with Crippen molar-refractivity contribution in [3.8, 4) is 0 Å². The van der Waals surface area contributed by atoms with Gasteiger partial charge in [0.25, 0.3) is 0 Å². The molecule has 1 amide bonds. The Morgan fingerprint density at radius 1 is 1.23 bits per heavy atom. The van der Waals surface area contributed by atoms with Crippen LogP contribution >= 0.6 is 0 Å². The maximum absolute atomic E-state index is 13.3. The number of benzene rings is 1. The van der Waals surface area contributed by atoms with Crippen molar-refractivity contribution in [1.82, 2.24) is 15.5 Å². The van der Waals surface area contributed by atoms with Crippen LogP contribution in [0.2, 0.25) is 0 Å². The van der Waals surface area contributed by atoms with E-state index in [1.807, 2.05) is 11.8 Å². The van der Waals surface area contributed by atoms with Crippen molar-refractivity contribution in [2.45, 2.75) is 57.8 Å². The van der Waals surface area contributed by atoms with Gasteiger partial charge in [-0.1, -0.05) is 18.9 Å². The molecular formula is C21H28F4N4O. The summed E-state index contributed by atoms with van der Waals surface area (Å²) in [4.78, 5) is 18.7. The van der Waals surface area contributed by atoms with Crippen LogP contribution in [0.4, 0.5) is 17.6 Å². The molecule has 1 saturated carbocycles. The van der Waals surface area contributed by atoms with E-state index in [1.165, 1.54) is 0 Å². The number of hydrogen-bond donors (Lipinski definition) is 2. The predicted octanol–water partition coefficient (Wildman–Crippen LogP) is 3.69. The lowest BCUT2D eigenvalue weighted by atomic mass is 10.1. The lowest BCUT2D eigenvalue weighted by molar-refractivity contribution is -0.138. The summed E-state index contributed by atoms with van der Waals surface area (Å²) in [6.45, 7) is 3.40. The van der Waals surface area contributed by atoms with Gasteiger partial charge in [-0.05, 0) is 43.9 Å². The van der Waals surface area contributed by atoms with Gasteiger partial charge < -0.3 is 15.5 Å². The third-order valence-corrected chi connectivity index (χ3v) is 5.67. The van der Waals surface area contributed by atoms with Crippen molar-refractivity contribution >= 4 is 11.9 Å². The topological polar surface area (TPSA) is 56.7 Å². The number of rotatable bonds is 5. The van der Waals surface area contributed by atoms with E-state index in [9.17, 15) is 22.4 Å². The molecule has 5 nitrogen and oxygen atoms in total. The van der Waals surface area contributed by atoms with Gasteiger partial charge >= 0.3 is 6.18 Å². The van der Waals surface area contributed by atoms with E-state index in [-0.39, 0.29) is 30.0 Å². The average molecular weight is 428 g/mol. The molecule has 2 N–H and O–H groups in total. The summed E-state index contributed by atoms with van der Waals surface area (Å²) < 4.78 is 52.9. The number of halogens is 4. The molecule has 0 aromatic heterocycles. The molecule has 1 atom stereocenters. The van der Waals surface area contributed by atoms with E-state index < -0.39 is 17.6 Å². The number of likely N-dealkylation sites (tertiary alicyclic amines) is 1. The summed E-state index contributed by atoms with van der Waals surface area (Å²) in [5.74, 6) is -0.210. The number of nitrogens with zero attached hydrogens (tertiary/aromatic N) is 2. The summed E-state index contributed by atoms with van der Waals surface area (Å²) in [7, 11) is 0. The standard InChI is InChI=1S/C21H28F4N4O/c1-2-26-20(27-12-15-7-8-16(22)11-18(15)21(23,24)25)28-17-9-10-29(13-17)19(30)14-5-3-4-6-14/h7-8,11,14,17H,2-6,9-10,12-13H2,1H3,(H2,26,27,28). The summed E-state index contributed by atoms with van der Waals surface area (Å²) in [5, 5.41) is 6.25. The molecule has 1 aliphatic heterocycles. The van der Waals surface area contributed by atoms with Crippen LogP contribution in [-0.2, 0) is 17.5 Å². The highest BCUT2D eigenvalue weighted by Crippen LogP contribution is 2.33. The molecule has 9 heteroatoms. The molecule has 2 fully saturated rings. The summed E-state index contributed by atoms with van der Waals surface area (Å²) in [6.07, 6.45) is 0.227. The van der Waals surface area contributed by atoms with Crippen molar-refractivity contribution in [3.05, 3.63) is 35.1 Å². The Kier molecular flexibility index (Phi) is 7.20. The zero-order valence-electron chi connectivity index (χ0n) is 17.1. The minimum atomic E-state index is -4.65. The number of alkyl halides is 3. The van der Waals surface area contributed by atoms with Crippen LogP contribution in [0.25, 0.3) is 0 Å². The fourth-order valence-corrected chi connectivity index (χ4v) is 4.14. The zero-order valence-corrected chi connectivity index (χ0v) is 17.1. The minimum Gasteiger partial charge on any atom is -0.357 e. The zero-order chi connectivity index (χ0) is 21.7. The first-order valence-electron chi connectivity index (χ1n) is 10.5. The first kappa shape index (κ1) is 22.4. The Bertz CT molecular complexity index is 775. The van der Waals surface area contributed by atoms with Crippen LogP contribution in [-0.4, -0.2) is 42.4 Å². The van der Waals surface area contributed by atoms with E-state index in [1.54, 1.807) is 0 Å². The van der Waals surface area contributed by atoms with Gasteiger partial charge in [0.1, 0.15) is 5.82 Å². The number of carbonyl (C=O) groups excluding carboxylic acids is 1. The number of aliphatic imine (C=N–C) groups is 1. The fourth-order valence-electron chi connectivity index (χ4n) is 4.14. The van der Waals surface area contributed by atoms with Gasteiger partial charge in [-0.3, -0.25) is 4.79 Å². The fraction of sp³-hybridized carbons (Fsp3) is 0.619. The van der Waals surface area contributed by atoms with Crippen LogP contribution in [0.1, 0.15) is 50.2 Å². The molecule has 0 bridgehead atoms. The van der Waals surface area contributed by atoms with Gasteiger partial charge in [0, 0.05) is 31.6 Å². The molecule has 1 unspecified atom stereocenters. The van der Waals surface area contributed by atoms with Gasteiger partial charge in [-0.25, -0.2) is 9.38 Å². The molecule has 1 aromatic rings. The molecule has 2 aliphatic rings. The van der Waals surface area contributed by atoms with E-state index >= 15 is 0 Å². The van der Waals surface area contributed by atoms with Crippen molar-refractivity contribution in [2.75, 3.05) is 19.6 Å². The molecule has 1 saturated heterocycles. The largest absolute Gasteiger partial charge is 0.416 e. The van der Waals surface area contributed by atoms with E-state index in [2.05, 4.69) is 15.6 Å². The molecule has 3 rings (SSSR count). The smallest absolute Gasteiger partial charge is 0.357 e. The highest BCUT2D eigenvalue weighted by atomic mass is 19.4. The van der Waals surface area contributed by atoms with Crippen LogP contribution in [0.3, 0.4) is 0 Å². The number of amides is 1. The lowest BCUT2D eigenvalue weighted by Gasteiger charge is -2.21. The third-order valence-electron chi connectivity index (χ3n) is 5.67. The Labute approximate surface area is 173 Å². The van der Waals surface area contributed by atoms with Gasteiger partial charge in [-0.2, -0.15) is 13.2 Å². The highest BCUT2D eigenvalue weighted by Gasteiger charge is 2.34. The van der Waals surface area contributed by atoms with Crippen LogP contribution < -0.4 is 10.6 Å². The second kappa shape index (κ2) is 9.66. The van der Waals surface area contributed by atoms with Gasteiger partial charge in [0.15, 0.2) is 5.96 Å². The Balaban J connectivity index is 1.64. The number of guanidine groups is 1. The van der Waals surface area contributed by atoms with Crippen molar-refractivity contribution in [1.29, 1.82) is 0 Å². The molecule has 1 heterocycles. The van der Waals surface area contributed by atoms with Gasteiger partial charge in [-0.15, -0.1) is 0 Å². The molecule has 0 radical (unpaired) electrons. The summed E-state index contributed by atoms with van der Waals surface area (Å²) in [5.41, 5.74) is -1.11.